The van der Waals surface area contributed by atoms with Crippen LogP contribution in [-0.2, 0) is 16.1 Å². The molecular formula is C20H25N3O3. The molecule has 6 heteroatoms. The first kappa shape index (κ1) is 17.2. The molecule has 1 aromatic heterocycles. The molecule has 0 unspecified atom stereocenters. The fourth-order valence-corrected chi connectivity index (χ4v) is 4.40. The van der Waals surface area contributed by atoms with Crippen molar-refractivity contribution in [2.45, 2.75) is 63.6 Å². The van der Waals surface area contributed by atoms with E-state index in [1.165, 1.54) is 23.9 Å². The Labute approximate surface area is 152 Å². The van der Waals surface area contributed by atoms with Crippen molar-refractivity contribution < 1.29 is 9.53 Å². The van der Waals surface area contributed by atoms with Crippen LogP contribution in [0.15, 0.2) is 29.1 Å². The smallest absolute Gasteiger partial charge is 0.275 e. The first-order valence-electron chi connectivity index (χ1n) is 9.46. The summed E-state index contributed by atoms with van der Waals surface area (Å²) in [5.74, 6) is -0.184. The summed E-state index contributed by atoms with van der Waals surface area (Å²) < 4.78 is 7.31. The van der Waals surface area contributed by atoms with Gasteiger partial charge in [0.2, 0.25) is 5.91 Å². The number of nitrogens with one attached hydrogen (secondary N) is 1. The largest absolute Gasteiger partial charge is 0.373 e. The first-order valence-corrected chi connectivity index (χ1v) is 9.46. The number of benzene rings is 1. The van der Waals surface area contributed by atoms with Gasteiger partial charge in [-0.15, -0.1) is 0 Å². The number of rotatable bonds is 3. The summed E-state index contributed by atoms with van der Waals surface area (Å²) in [6, 6.07) is 7.39. The molecule has 138 valence electrons. The highest BCUT2D eigenvalue weighted by molar-refractivity contribution is 5.83. The fraction of sp³-hybridized carbons (Fsp3) is 0.550. The van der Waals surface area contributed by atoms with Crippen LogP contribution in [0.25, 0.3) is 10.8 Å². The third kappa shape index (κ3) is 3.26. The molecule has 6 nitrogen and oxygen atoms in total. The van der Waals surface area contributed by atoms with Crippen LogP contribution in [0, 0.1) is 6.92 Å². The van der Waals surface area contributed by atoms with Crippen LogP contribution in [0.4, 0.5) is 0 Å². The minimum absolute atomic E-state index is 0.0258. The predicted molar refractivity (Wildman–Crippen MR) is 99.1 cm³/mol. The first-order chi connectivity index (χ1) is 12.6. The van der Waals surface area contributed by atoms with E-state index in [0.29, 0.717) is 12.0 Å². The summed E-state index contributed by atoms with van der Waals surface area (Å²) >= 11 is 0. The molecule has 2 fully saturated rings. The van der Waals surface area contributed by atoms with E-state index in [1.807, 2.05) is 25.1 Å². The van der Waals surface area contributed by atoms with Crippen LogP contribution in [0.3, 0.4) is 0 Å². The van der Waals surface area contributed by atoms with Gasteiger partial charge in [0.25, 0.3) is 5.56 Å². The third-order valence-electron chi connectivity index (χ3n) is 5.68. The topological polar surface area (TPSA) is 73.2 Å². The lowest BCUT2D eigenvalue weighted by Crippen LogP contribution is -2.41. The Bertz CT molecular complexity index is 883. The van der Waals surface area contributed by atoms with Gasteiger partial charge in [0.1, 0.15) is 6.54 Å². The number of ether oxygens (including phenoxy) is 1. The van der Waals surface area contributed by atoms with Crippen molar-refractivity contribution in [2.75, 3.05) is 6.61 Å². The van der Waals surface area contributed by atoms with E-state index in [9.17, 15) is 9.59 Å². The number of fused-ring (bicyclic) bond motifs is 1. The number of carbonyl (C=O) groups is 1. The van der Waals surface area contributed by atoms with E-state index >= 15 is 0 Å². The fourth-order valence-electron chi connectivity index (χ4n) is 4.40. The standard InChI is InChI=1S/C20H25N3O3/c1-14-16-7-3-4-8-17(16)19(25)23(22-14)12-18(24)21-15-11-20(26-13-15)9-5-2-6-10-20/h3-4,7-8,15H,2,5-6,9-13H2,1H3,(H,21,24)/t15-/m0/s1. The number of amides is 1. The van der Waals surface area contributed by atoms with Crippen molar-refractivity contribution in [2.24, 2.45) is 0 Å². The SMILES string of the molecule is Cc1nn(CC(=O)N[C@@H]2COC3(CCCCC3)C2)c(=O)c2ccccc12. The maximum atomic E-state index is 12.6. The monoisotopic (exact) mass is 355 g/mol. The molecule has 2 aromatic rings. The summed E-state index contributed by atoms with van der Waals surface area (Å²) in [7, 11) is 0. The average Bonchev–Trinajstić information content (AvgIpc) is 3.01. The summed E-state index contributed by atoms with van der Waals surface area (Å²) in [6.07, 6.45) is 6.73. The second-order valence-electron chi connectivity index (χ2n) is 7.62. The zero-order chi connectivity index (χ0) is 18.1. The lowest BCUT2D eigenvalue weighted by atomic mass is 9.82. The van der Waals surface area contributed by atoms with Crippen molar-refractivity contribution in [3.63, 3.8) is 0 Å². The molecule has 0 radical (unpaired) electrons. The summed E-state index contributed by atoms with van der Waals surface area (Å²) in [5.41, 5.74) is 0.483. The molecule has 1 saturated carbocycles. The summed E-state index contributed by atoms with van der Waals surface area (Å²) in [4.78, 5) is 25.1. The van der Waals surface area contributed by atoms with Crippen molar-refractivity contribution in [3.8, 4) is 0 Å². The van der Waals surface area contributed by atoms with E-state index in [-0.39, 0.29) is 29.7 Å². The Morgan fingerprint density at radius 1 is 1.27 bits per heavy atom. The Morgan fingerprint density at radius 2 is 2.00 bits per heavy atom. The average molecular weight is 355 g/mol. The maximum absolute atomic E-state index is 12.6. The molecule has 1 atom stereocenters. The highest BCUT2D eigenvalue weighted by atomic mass is 16.5. The van der Waals surface area contributed by atoms with Gasteiger partial charge in [0.15, 0.2) is 0 Å². The van der Waals surface area contributed by atoms with Crippen molar-refractivity contribution in [1.29, 1.82) is 0 Å². The van der Waals surface area contributed by atoms with Gasteiger partial charge in [0.05, 0.1) is 29.3 Å². The van der Waals surface area contributed by atoms with E-state index in [0.717, 1.165) is 30.3 Å². The van der Waals surface area contributed by atoms with Gasteiger partial charge in [-0.1, -0.05) is 37.5 Å². The quantitative estimate of drug-likeness (QED) is 0.917. The Hall–Kier alpha value is -2.21. The maximum Gasteiger partial charge on any atom is 0.275 e. The van der Waals surface area contributed by atoms with Crippen LogP contribution in [-0.4, -0.2) is 33.9 Å². The highest BCUT2D eigenvalue weighted by Gasteiger charge is 2.41. The van der Waals surface area contributed by atoms with Gasteiger partial charge in [-0.25, -0.2) is 4.68 Å². The second kappa shape index (κ2) is 6.83. The Morgan fingerprint density at radius 3 is 2.77 bits per heavy atom. The van der Waals surface area contributed by atoms with Crippen LogP contribution in [0.2, 0.25) is 0 Å². The highest BCUT2D eigenvalue weighted by Crippen LogP contribution is 2.39. The molecule has 0 bridgehead atoms. The van der Waals surface area contributed by atoms with Crippen LogP contribution < -0.4 is 10.9 Å². The molecule has 1 N–H and O–H groups in total. The van der Waals surface area contributed by atoms with Crippen molar-refractivity contribution in [3.05, 3.63) is 40.3 Å². The van der Waals surface area contributed by atoms with Gasteiger partial charge < -0.3 is 10.1 Å². The van der Waals surface area contributed by atoms with E-state index in [1.54, 1.807) is 6.07 Å². The minimum Gasteiger partial charge on any atom is -0.373 e. The van der Waals surface area contributed by atoms with Crippen LogP contribution in [0.5, 0.6) is 0 Å². The molecule has 1 aliphatic carbocycles. The molecule has 2 aliphatic rings. The van der Waals surface area contributed by atoms with Crippen LogP contribution >= 0.6 is 0 Å². The van der Waals surface area contributed by atoms with Crippen LogP contribution in [0.1, 0.15) is 44.2 Å². The Kier molecular flexibility index (Phi) is 4.53. The number of nitrogens with zero attached hydrogens (tertiary/aromatic N) is 2. The molecular weight excluding hydrogens is 330 g/mol. The van der Waals surface area contributed by atoms with Gasteiger partial charge >= 0.3 is 0 Å². The third-order valence-corrected chi connectivity index (χ3v) is 5.68. The van der Waals surface area contributed by atoms with E-state index in [2.05, 4.69) is 10.4 Å². The zero-order valence-electron chi connectivity index (χ0n) is 15.2. The van der Waals surface area contributed by atoms with Crippen molar-refractivity contribution in [1.82, 2.24) is 15.1 Å². The van der Waals surface area contributed by atoms with E-state index in [4.69, 9.17) is 4.74 Å². The molecule has 1 amide bonds. The summed E-state index contributed by atoms with van der Waals surface area (Å²) in [5, 5.41) is 8.77. The van der Waals surface area contributed by atoms with E-state index < -0.39 is 0 Å². The number of carbonyl (C=O) groups excluding carboxylic acids is 1. The number of aryl methyl sites for hydroxylation is 1. The molecule has 2 heterocycles. The summed E-state index contributed by atoms with van der Waals surface area (Å²) in [6.45, 7) is 2.35. The van der Waals surface area contributed by atoms with Crippen molar-refractivity contribution >= 4 is 16.7 Å². The number of hydrogen-bond acceptors (Lipinski definition) is 4. The number of hydrogen-bond donors (Lipinski definition) is 1. The van der Waals surface area contributed by atoms with Gasteiger partial charge in [-0.05, 0) is 32.3 Å². The lowest BCUT2D eigenvalue weighted by Gasteiger charge is -2.32. The molecule has 1 spiro atoms. The molecule has 1 saturated heterocycles. The molecule has 1 aromatic carbocycles. The molecule has 26 heavy (non-hydrogen) atoms. The predicted octanol–water partition coefficient (Wildman–Crippen LogP) is 2.31. The van der Waals surface area contributed by atoms with Gasteiger partial charge in [-0.3, -0.25) is 9.59 Å². The number of aromatic nitrogens is 2. The molecule has 4 rings (SSSR count). The lowest BCUT2D eigenvalue weighted by molar-refractivity contribution is -0.122. The minimum atomic E-state index is -0.229. The normalized spacial score (nSPS) is 22.0. The van der Waals surface area contributed by atoms with Gasteiger partial charge in [0, 0.05) is 5.39 Å². The Balaban J connectivity index is 1.45. The molecule has 1 aliphatic heterocycles. The van der Waals surface area contributed by atoms with Gasteiger partial charge in [-0.2, -0.15) is 5.10 Å². The zero-order valence-corrected chi connectivity index (χ0v) is 15.2. The second-order valence-corrected chi connectivity index (χ2v) is 7.62.